The van der Waals surface area contributed by atoms with E-state index in [1.807, 2.05) is 6.92 Å². The molecule has 1 N–H and O–H groups in total. The third kappa shape index (κ3) is 4.00. The Hall–Kier alpha value is -3.35. The second-order valence-corrected chi connectivity index (χ2v) is 5.52. The van der Waals surface area contributed by atoms with Crippen molar-refractivity contribution in [2.45, 2.75) is 13.5 Å². The first-order valence-corrected chi connectivity index (χ1v) is 7.80. The molecule has 132 valence electrons. The normalized spacial score (nSPS) is 10.4. The Kier molecular flexibility index (Phi) is 5.17. The Labute approximate surface area is 148 Å². The predicted octanol–water partition coefficient (Wildman–Crippen LogP) is 3.79. The van der Waals surface area contributed by atoms with Gasteiger partial charge in [0.1, 0.15) is 5.82 Å². The van der Waals surface area contributed by atoms with Crippen LogP contribution in [0.15, 0.2) is 55.0 Å². The number of aryl methyl sites for hydroxylation is 1. The molecule has 0 unspecified atom stereocenters. The van der Waals surface area contributed by atoms with E-state index >= 15 is 0 Å². The van der Waals surface area contributed by atoms with Crippen LogP contribution in [0.3, 0.4) is 0 Å². The molecule has 2 heterocycles. The zero-order valence-electron chi connectivity index (χ0n) is 13.9. The number of nitrogens with zero attached hydrogens (tertiary/aromatic N) is 2. The first-order chi connectivity index (χ1) is 12.5. The van der Waals surface area contributed by atoms with Gasteiger partial charge in [-0.15, -0.1) is 0 Å². The summed E-state index contributed by atoms with van der Waals surface area (Å²) in [5.74, 6) is -1.85. The van der Waals surface area contributed by atoms with Crippen LogP contribution in [0.5, 0.6) is 11.6 Å². The number of carbonyl (C=O) groups excluding carboxylic acids is 1. The maximum atomic E-state index is 13.8. The maximum Gasteiger partial charge on any atom is 0.253 e. The monoisotopic (exact) mass is 355 g/mol. The molecule has 7 heteroatoms. The maximum absolute atomic E-state index is 13.8. The number of hydrogen-bond acceptors (Lipinski definition) is 4. The summed E-state index contributed by atoms with van der Waals surface area (Å²) in [6.45, 7) is 1.94. The Morgan fingerprint density at radius 1 is 1.19 bits per heavy atom. The van der Waals surface area contributed by atoms with Crippen molar-refractivity contribution < 1.29 is 18.3 Å². The summed E-state index contributed by atoms with van der Waals surface area (Å²) in [7, 11) is 0. The van der Waals surface area contributed by atoms with E-state index in [4.69, 9.17) is 4.74 Å². The van der Waals surface area contributed by atoms with Crippen LogP contribution in [-0.2, 0) is 6.54 Å². The number of benzene rings is 1. The van der Waals surface area contributed by atoms with Gasteiger partial charge >= 0.3 is 0 Å². The van der Waals surface area contributed by atoms with E-state index in [0.29, 0.717) is 11.1 Å². The van der Waals surface area contributed by atoms with Gasteiger partial charge in [-0.1, -0.05) is 6.07 Å². The summed E-state index contributed by atoms with van der Waals surface area (Å²) in [6.07, 6.45) is 4.57. The van der Waals surface area contributed by atoms with Gasteiger partial charge in [-0.2, -0.15) is 0 Å². The van der Waals surface area contributed by atoms with Crippen LogP contribution in [0.25, 0.3) is 0 Å². The van der Waals surface area contributed by atoms with Crippen molar-refractivity contribution in [3.63, 3.8) is 0 Å². The van der Waals surface area contributed by atoms with Crippen LogP contribution >= 0.6 is 0 Å². The summed E-state index contributed by atoms with van der Waals surface area (Å²) < 4.78 is 32.2. The quantitative estimate of drug-likeness (QED) is 0.756. The minimum atomic E-state index is -0.836. The Morgan fingerprint density at radius 3 is 2.81 bits per heavy atom. The topological polar surface area (TPSA) is 64.1 Å². The van der Waals surface area contributed by atoms with E-state index in [0.717, 1.165) is 17.7 Å². The second kappa shape index (κ2) is 7.69. The number of pyridine rings is 2. The average molecular weight is 355 g/mol. The molecule has 0 aliphatic rings. The second-order valence-electron chi connectivity index (χ2n) is 5.52. The molecule has 3 aromatic rings. The molecule has 0 saturated heterocycles. The summed E-state index contributed by atoms with van der Waals surface area (Å²) in [4.78, 5) is 20.3. The molecule has 0 aliphatic carbocycles. The van der Waals surface area contributed by atoms with E-state index < -0.39 is 11.6 Å². The molecule has 2 aromatic heterocycles. The lowest BCUT2D eigenvalue weighted by Crippen LogP contribution is -2.24. The van der Waals surface area contributed by atoms with Crippen LogP contribution in [0.2, 0.25) is 0 Å². The molecule has 0 radical (unpaired) electrons. The highest BCUT2D eigenvalue weighted by Crippen LogP contribution is 2.26. The van der Waals surface area contributed by atoms with Crippen LogP contribution in [-0.4, -0.2) is 15.9 Å². The molecule has 1 aromatic carbocycles. The Morgan fingerprint density at radius 2 is 2.04 bits per heavy atom. The van der Waals surface area contributed by atoms with Gasteiger partial charge in [0.15, 0.2) is 11.6 Å². The first kappa shape index (κ1) is 17.5. The highest BCUT2D eigenvalue weighted by atomic mass is 19.1. The average Bonchev–Trinajstić information content (AvgIpc) is 2.63. The van der Waals surface area contributed by atoms with Gasteiger partial charge in [0.05, 0.1) is 5.56 Å². The van der Waals surface area contributed by atoms with Gasteiger partial charge in [0.2, 0.25) is 5.88 Å². The highest BCUT2D eigenvalue weighted by molar-refractivity contribution is 5.95. The van der Waals surface area contributed by atoms with Crippen molar-refractivity contribution in [1.29, 1.82) is 0 Å². The Balaban J connectivity index is 1.75. The third-order valence-electron chi connectivity index (χ3n) is 3.67. The number of halogens is 2. The first-order valence-electron chi connectivity index (χ1n) is 7.80. The lowest BCUT2D eigenvalue weighted by atomic mass is 10.1. The van der Waals surface area contributed by atoms with E-state index in [2.05, 4.69) is 15.3 Å². The summed E-state index contributed by atoms with van der Waals surface area (Å²) in [5.41, 5.74) is 1.81. The minimum Gasteiger partial charge on any atom is -0.436 e. The lowest BCUT2D eigenvalue weighted by Gasteiger charge is -2.12. The SMILES string of the molecule is Cc1ccncc1C(=O)NCc1cccnc1Oc1ccc(F)cc1F. The number of nitrogens with one attached hydrogen (secondary N) is 1. The number of aromatic nitrogens is 2. The highest BCUT2D eigenvalue weighted by Gasteiger charge is 2.13. The molecule has 0 aliphatic heterocycles. The van der Waals surface area contributed by atoms with E-state index in [9.17, 15) is 13.6 Å². The smallest absolute Gasteiger partial charge is 0.253 e. The lowest BCUT2D eigenvalue weighted by molar-refractivity contribution is 0.0949. The molecule has 0 saturated carbocycles. The standard InChI is InChI=1S/C19H15F2N3O2/c1-12-6-8-22-11-15(12)18(25)24-10-13-3-2-7-23-19(13)26-17-5-4-14(20)9-16(17)21/h2-9,11H,10H2,1H3,(H,24,25). The van der Waals surface area contributed by atoms with Crippen molar-refractivity contribution in [3.8, 4) is 11.6 Å². The minimum absolute atomic E-state index is 0.124. The van der Waals surface area contributed by atoms with E-state index in [-0.39, 0.29) is 24.1 Å². The number of rotatable bonds is 5. The van der Waals surface area contributed by atoms with Gasteiger partial charge in [0.25, 0.3) is 5.91 Å². The molecule has 0 fully saturated rings. The summed E-state index contributed by atoms with van der Waals surface area (Å²) in [5, 5.41) is 2.75. The fourth-order valence-corrected chi connectivity index (χ4v) is 2.29. The van der Waals surface area contributed by atoms with Crippen LogP contribution in [0.4, 0.5) is 8.78 Å². The van der Waals surface area contributed by atoms with Crippen LogP contribution in [0.1, 0.15) is 21.5 Å². The molecule has 0 atom stereocenters. The molecular weight excluding hydrogens is 340 g/mol. The number of ether oxygens (including phenoxy) is 1. The third-order valence-corrected chi connectivity index (χ3v) is 3.67. The van der Waals surface area contributed by atoms with E-state index in [1.54, 1.807) is 24.4 Å². The molecule has 0 spiro atoms. The number of carbonyl (C=O) groups is 1. The predicted molar refractivity (Wildman–Crippen MR) is 90.8 cm³/mol. The molecular formula is C19H15F2N3O2. The summed E-state index contributed by atoms with van der Waals surface area (Å²) >= 11 is 0. The summed E-state index contributed by atoms with van der Waals surface area (Å²) in [6, 6.07) is 8.11. The Bertz CT molecular complexity index is 948. The van der Waals surface area contributed by atoms with Gasteiger partial charge in [-0.3, -0.25) is 9.78 Å². The molecule has 26 heavy (non-hydrogen) atoms. The fraction of sp³-hybridized carbons (Fsp3) is 0.105. The van der Waals surface area contributed by atoms with Crippen LogP contribution < -0.4 is 10.1 Å². The van der Waals surface area contributed by atoms with Crippen molar-refractivity contribution >= 4 is 5.91 Å². The largest absolute Gasteiger partial charge is 0.436 e. The van der Waals surface area contributed by atoms with Crippen molar-refractivity contribution in [2.75, 3.05) is 0 Å². The van der Waals surface area contributed by atoms with Crippen molar-refractivity contribution in [2.24, 2.45) is 0 Å². The fourth-order valence-electron chi connectivity index (χ4n) is 2.29. The molecule has 5 nitrogen and oxygen atoms in total. The number of hydrogen-bond donors (Lipinski definition) is 1. The molecule has 3 rings (SSSR count). The van der Waals surface area contributed by atoms with Crippen LogP contribution in [0, 0.1) is 18.6 Å². The molecule has 1 amide bonds. The zero-order chi connectivity index (χ0) is 18.5. The van der Waals surface area contributed by atoms with Gasteiger partial charge in [-0.25, -0.2) is 13.8 Å². The van der Waals surface area contributed by atoms with E-state index in [1.165, 1.54) is 18.5 Å². The van der Waals surface area contributed by atoms with Crippen molar-refractivity contribution in [3.05, 3.63) is 83.3 Å². The van der Waals surface area contributed by atoms with Gasteiger partial charge < -0.3 is 10.1 Å². The van der Waals surface area contributed by atoms with Gasteiger partial charge in [0, 0.05) is 36.8 Å². The van der Waals surface area contributed by atoms with Crippen molar-refractivity contribution in [1.82, 2.24) is 15.3 Å². The number of amides is 1. The molecule has 0 bridgehead atoms. The van der Waals surface area contributed by atoms with Gasteiger partial charge in [-0.05, 0) is 36.8 Å². The zero-order valence-corrected chi connectivity index (χ0v) is 13.9.